The fraction of sp³-hybridized carbons (Fsp3) is 0.400. The van der Waals surface area contributed by atoms with Crippen molar-refractivity contribution in [3.05, 3.63) is 72.4 Å². The third-order valence-corrected chi connectivity index (χ3v) is 10.1. The zero-order chi connectivity index (χ0) is 38.3. The number of pyridine rings is 1. The molecular formula is C35H42F3N7O6S2. The Bertz CT molecular complexity index is 2250. The van der Waals surface area contributed by atoms with Crippen molar-refractivity contribution in [2.75, 3.05) is 23.3 Å². The van der Waals surface area contributed by atoms with E-state index in [0.29, 0.717) is 40.7 Å². The first-order valence-electron chi connectivity index (χ1n) is 17.0. The van der Waals surface area contributed by atoms with Gasteiger partial charge >= 0.3 is 5.76 Å². The van der Waals surface area contributed by atoms with Crippen LogP contribution in [0.2, 0.25) is 0 Å². The number of nitrogens with two attached hydrogens (primary N) is 1. The number of unbranched alkanes of at least 4 members (excludes halogenated alkanes) is 6. The van der Waals surface area contributed by atoms with Crippen molar-refractivity contribution in [2.24, 2.45) is 7.05 Å². The molecule has 286 valence electrons. The van der Waals surface area contributed by atoms with Crippen LogP contribution in [-0.4, -0.2) is 60.0 Å². The summed E-state index contributed by atoms with van der Waals surface area (Å²) in [6.07, 6.45) is 12.3. The number of anilines is 2. The van der Waals surface area contributed by atoms with Crippen molar-refractivity contribution in [1.29, 1.82) is 0 Å². The number of aryl methyl sites for hydroxylation is 2. The van der Waals surface area contributed by atoms with E-state index in [4.69, 9.17) is 19.8 Å². The summed E-state index contributed by atoms with van der Waals surface area (Å²) in [4.78, 5) is 4.44. The summed E-state index contributed by atoms with van der Waals surface area (Å²) in [6.45, 7) is 2.59. The highest BCUT2D eigenvalue weighted by Gasteiger charge is 2.27. The lowest BCUT2D eigenvalue weighted by molar-refractivity contribution is 0.228. The van der Waals surface area contributed by atoms with Gasteiger partial charge in [0, 0.05) is 42.7 Å². The van der Waals surface area contributed by atoms with E-state index in [-0.39, 0.29) is 23.9 Å². The molecule has 5 aromatic rings. The molecule has 0 fully saturated rings. The summed E-state index contributed by atoms with van der Waals surface area (Å²) >= 11 is 0. The molecule has 3 aromatic heterocycles. The molecule has 0 bridgehead atoms. The maximum atomic E-state index is 13.6. The molecule has 0 saturated carbocycles. The second kappa shape index (κ2) is 17.0. The van der Waals surface area contributed by atoms with Crippen LogP contribution >= 0.6 is 0 Å². The van der Waals surface area contributed by atoms with Crippen LogP contribution in [0.3, 0.4) is 0 Å². The Kier molecular flexibility index (Phi) is 12.7. The van der Waals surface area contributed by atoms with Gasteiger partial charge in [-0.15, -0.1) is 0 Å². The summed E-state index contributed by atoms with van der Waals surface area (Å²) in [5.41, 5.74) is 9.78. The van der Waals surface area contributed by atoms with E-state index in [2.05, 4.69) is 10.1 Å². The minimum atomic E-state index is -5.04. The van der Waals surface area contributed by atoms with Gasteiger partial charge in [0.05, 0.1) is 35.6 Å². The zero-order valence-corrected chi connectivity index (χ0v) is 31.1. The fourth-order valence-corrected chi connectivity index (χ4v) is 6.87. The van der Waals surface area contributed by atoms with Gasteiger partial charge in [-0.2, -0.15) is 27.4 Å². The largest absolute Gasteiger partial charge is 0.484 e. The average Bonchev–Trinajstić information content (AvgIpc) is 3.71. The molecule has 0 aliphatic carbocycles. The van der Waals surface area contributed by atoms with Crippen LogP contribution in [0.5, 0.6) is 5.75 Å². The van der Waals surface area contributed by atoms with Gasteiger partial charge in [-0.3, -0.25) is 18.3 Å². The number of halogens is 3. The second-order valence-corrected chi connectivity index (χ2v) is 16.0. The molecule has 18 heteroatoms. The summed E-state index contributed by atoms with van der Waals surface area (Å²) in [6, 6.07) is 9.79. The summed E-state index contributed by atoms with van der Waals surface area (Å²) in [5.74, 6) is -4.01. The third-order valence-electron chi connectivity index (χ3n) is 8.55. The van der Waals surface area contributed by atoms with Crippen molar-refractivity contribution >= 4 is 42.5 Å². The molecule has 0 aliphatic rings. The molecule has 3 N–H and O–H groups in total. The maximum Gasteiger partial charge on any atom is 0.355 e. The number of hydrogen-bond donors (Lipinski definition) is 2. The summed E-state index contributed by atoms with van der Waals surface area (Å²) < 4.78 is 103. The summed E-state index contributed by atoms with van der Waals surface area (Å²) in [5, 5.41) is 9.78. The van der Waals surface area contributed by atoms with Crippen LogP contribution in [0.15, 0.2) is 61.1 Å². The lowest BCUT2D eigenvalue weighted by Crippen LogP contribution is -2.21. The summed E-state index contributed by atoms with van der Waals surface area (Å²) in [7, 11) is -6.68. The molecule has 0 aliphatic heterocycles. The molecule has 2 aromatic carbocycles. The smallest absolute Gasteiger partial charge is 0.355 e. The number of rotatable bonds is 19. The monoisotopic (exact) mass is 777 g/mol. The van der Waals surface area contributed by atoms with Gasteiger partial charge in [0.1, 0.15) is 29.2 Å². The minimum Gasteiger partial charge on any atom is -0.484 e. The van der Waals surface area contributed by atoms with E-state index in [1.54, 1.807) is 31.0 Å². The van der Waals surface area contributed by atoms with Crippen LogP contribution < -0.4 is 15.2 Å². The number of nitrogens with zero attached hydrogens (tertiary/aromatic N) is 5. The number of hydrogen-bond acceptors (Lipinski definition) is 10. The van der Waals surface area contributed by atoms with Gasteiger partial charge in [-0.1, -0.05) is 50.3 Å². The van der Waals surface area contributed by atoms with Crippen LogP contribution in [0, 0.1) is 5.82 Å². The Morgan fingerprint density at radius 1 is 0.925 bits per heavy atom. The van der Waals surface area contributed by atoms with Crippen LogP contribution in [-0.2, 0) is 37.9 Å². The molecule has 1 atom stereocenters. The highest BCUT2D eigenvalue weighted by atomic mass is 32.2. The van der Waals surface area contributed by atoms with Crippen molar-refractivity contribution in [3.8, 4) is 28.1 Å². The Hall–Kier alpha value is -4.68. The molecule has 0 saturated heterocycles. The van der Waals surface area contributed by atoms with E-state index in [0.717, 1.165) is 55.9 Å². The Labute approximate surface area is 306 Å². The van der Waals surface area contributed by atoms with Gasteiger partial charge in [0.15, 0.2) is 0 Å². The number of alkyl halides is 2. The molecule has 0 radical (unpaired) electrons. The molecule has 53 heavy (non-hydrogen) atoms. The third kappa shape index (κ3) is 10.3. The standard InChI is InChI=1S/C35H42F3N7O6S2/c1-23(24-11-14-27(36)15-12-24)51-30-19-25(13-16-29(30)43-53(48,49)35(37)38)32-31-33(44(2)42-32)28(21-40-34(31)39)26-20-41-45(22-26)17-9-7-5-4-6-8-10-18-50-52(3,46)47/h11-16,19-23,35,43H,4-10,17-18H2,1-3H3,(H2,39,40). The number of fused-ring (bicyclic) bond motifs is 1. The number of ether oxygens (including phenoxy) is 1. The van der Waals surface area contributed by atoms with E-state index < -0.39 is 37.8 Å². The molecule has 0 spiro atoms. The van der Waals surface area contributed by atoms with Crippen molar-refractivity contribution in [3.63, 3.8) is 0 Å². The molecule has 13 nitrogen and oxygen atoms in total. The van der Waals surface area contributed by atoms with Gasteiger partial charge in [-0.25, -0.2) is 17.8 Å². The number of aromatic nitrogens is 5. The first kappa shape index (κ1) is 39.5. The first-order chi connectivity index (χ1) is 25.1. The SMILES string of the molecule is CC(Oc1cc(-c2nn(C)c3c(-c4cnn(CCCCCCCCCOS(C)(=O)=O)c4)cnc(N)c23)ccc1NS(=O)(=O)C(F)F)c1ccc(F)cc1. The fourth-order valence-electron chi connectivity index (χ4n) is 5.89. The van der Waals surface area contributed by atoms with Crippen LogP contribution in [0.25, 0.3) is 33.3 Å². The molecule has 0 amide bonds. The number of nitrogens with one attached hydrogen (secondary N) is 1. The zero-order valence-electron chi connectivity index (χ0n) is 29.5. The minimum absolute atomic E-state index is 0.0643. The molecule has 1 unspecified atom stereocenters. The highest BCUT2D eigenvalue weighted by Crippen LogP contribution is 2.40. The van der Waals surface area contributed by atoms with Crippen LogP contribution in [0.4, 0.5) is 24.7 Å². The molecule has 3 heterocycles. The van der Waals surface area contributed by atoms with Gasteiger partial charge in [-0.05, 0) is 49.6 Å². The first-order valence-corrected chi connectivity index (χ1v) is 20.3. The lowest BCUT2D eigenvalue weighted by atomic mass is 10.0. The normalized spacial score (nSPS) is 12.8. The molecular weight excluding hydrogens is 736 g/mol. The number of nitrogen functional groups attached to an aromatic ring is 1. The molecule has 5 rings (SSSR count). The number of sulfonamides is 1. The quantitative estimate of drug-likeness (QED) is 0.0655. The second-order valence-electron chi connectivity index (χ2n) is 12.7. The number of benzene rings is 2. The Morgan fingerprint density at radius 2 is 1.60 bits per heavy atom. The topological polar surface area (TPSA) is 173 Å². The Balaban J connectivity index is 1.34. The Morgan fingerprint density at radius 3 is 2.28 bits per heavy atom. The predicted molar refractivity (Wildman–Crippen MR) is 197 cm³/mol. The van der Waals surface area contributed by atoms with Crippen molar-refractivity contribution in [1.82, 2.24) is 24.5 Å². The van der Waals surface area contributed by atoms with Gasteiger partial charge in [0.25, 0.3) is 20.1 Å². The van der Waals surface area contributed by atoms with Crippen molar-refractivity contribution in [2.45, 2.75) is 70.3 Å². The van der Waals surface area contributed by atoms with E-state index >= 15 is 0 Å². The van der Waals surface area contributed by atoms with Gasteiger partial charge in [0.2, 0.25) is 0 Å². The maximum absolute atomic E-state index is 13.6. The van der Waals surface area contributed by atoms with Crippen molar-refractivity contribution < 1.29 is 38.9 Å². The van der Waals surface area contributed by atoms with E-state index in [9.17, 15) is 30.0 Å². The average molecular weight is 778 g/mol. The van der Waals surface area contributed by atoms with Gasteiger partial charge < -0.3 is 10.5 Å². The predicted octanol–water partition coefficient (Wildman–Crippen LogP) is 7.03. The lowest BCUT2D eigenvalue weighted by Gasteiger charge is -2.19. The highest BCUT2D eigenvalue weighted by molar-refractivity contribution is 7.93. The van der Waals surface area contributed by atoms with Crippen LogP contribution in [0.1, 0.15) is 63.5 Å². The van der Waals surface area contributed by atoms with E-state index in [1.807, 2.05) is 15.6 Å². The van der Waals surface area contributed by atoms with E-state index in [1.165, 1.54) is 42.5 Å².